The highest BCUT2D eigenvalue weighted by Gasteiger charge is 2.09. The fraction of sp³-hybridized carbons (Fsp3) is 0.176. The van der Waals surface area contributed by atoms with Gasteiger partial charge in [0, 0.05) is 11.3 Å². The number of rotatable bonds is 6. The average Bonchev–Trinajstić information content (AvgIpc) is 2.54. The molecule has 24 heavy (non-hydrogen) atoms. The molecule has 0 atom stereocenters. The van der Waals surface area contributed by atoms with E-state index in [9.17, 15) is 4.79 Å². The maximum atomic E-state index is 11.9. The number of halogens is 2. The van der Waals surface area contributed by atoms with E-state index in [0.717, 1.165) is 6.42 Å². The van der Waals surface area contributed by atoms with Gasteiger partial charge < -0.3 is 10.5 Å². The molecule has 0 aliphatic carbocycles. The number of hydrogen-bond acceptors (Lipinski definition) is 4. The Bertz CT molecular complexity index is 723. The van der Waals surface area contributed by atoms with E-state index in [1.165, 1.54) is 6.21 Å². The molecular weight excluding hydrogens is 349 g/mol. The molecule has 0 heterocycles. The second kappa shape index (κ2) is 8.57. The summed E-state index contributed by atoms with van der Waals surface area (Å²) in [4.78, 5) is 11.9. The maximum absolute atomic E-state index is 11.9. The van der Waals surface area contributed by atoms with E-state index in [-0.39, 0.29) is 5.91 Å². The number of hydrazone groups is 1. The summed E-state index contributed by atoms with van der Waals surface area (Å²) in [5.74, 6) is 0.106. The van der Waals surface area contributed by atoms with E-state index in [4.69, 9.17) is 33.7 Å². The minimum Gasteiger partial charge on any atom is -0.490 e. The van der Waals surface area contributed by atoms with Crippen LogP contribution in [0.25, 0.3) is 0 Å². The second-order valence-electron chi connectivity index (χ2n) is 4.98. The summed E-state index contributed by atoms with van der Waals surface area (Å²) >= 11 is 12.3. The SMILES string of the molecule is CCCOc1c(Cl)cc(/C=N\NC(=O)c2ccc(N)cc2)cc1Cl. The number of nitrogens with two attached hydrogens (primary N) is 1. The van der Waals surface area contributed by atoms with Gasteiger partial charge in [0.2, 0.25) is 0 Å². The lowest BCUT2D eigenvalue weighted by Gasteiger charge is -2.09. The van der Waals surface area contributed by atoms with E-state index in [2.05, 4.69) is 10.5 Å². The van der Waals surface area contributed by atoms with Gasteiger partial charge in [-0.05, 0) is 48.4 Å². The highest BCUT2D eigenvalue weighted by Crippen LogP contribution is 2.33. The lowest BCUT2D eigenvalue weighted by Crippen LogP contribution is -2.17. The highest BCUT2D eigenvalue weighted by atomic mass is 35.5. The zero-order valence-electron chi connectivity index (χ0n) is 13.1. The summed E-state index contributed by atoms with van der Waals surface area (Å²) in [6.07, 6.45) is 2.31. The van der Waals surface area contributed by atoms with Crippen LogP contribution in [0.5, 0.6) is 5.75 Å². The zero-order valence-corrected chi connectivity index (χ0v) is 14.6. The number of nitrogen functional groups attached to an aromatic ring is 1. The van der Waals surface area contributed by atoms with Crippen LogP contribution in [0.4, 0.5) is 5.69 Å². The lowest BCUT2D eigenvalue weighted by molar-refractivity contribution is 0.0955. The van der Waals surface area contributed by atoms with Crippen LogP contribution in [0.1, 0.15) is 29.3 Å². The van der Waals surface area contributed by atoms with Crippen LogP contribution in [0.2, 0.25) is 10.0 Å². The molecule has 3 N–H and O–H groups in total. The van der Waals surface area contributed by atoms with Crippen LogP contribution >= 0.6 is 23.2 Å². The molecule has 2 aromatic rings. The first kappa shape index (κ1) is 18.1. The third-order valence-electron chi connectivity index (χ3n) is 3.02. The van der Waals surface area contributed by atoms with Crippen LogP contribution < -0.4 is 15.9 Å². The van der Waals surface area contributed by atoms with Crippen LogP contribution in [-0.2, 0) is 0 Å². The molecule has 126 valence electrons. The first-order chi connectivity index (χ1) is 11.5. The number of hydrogen-bond donors (Lipinski definition) is 2. The van der Waals surface area contributed by atoms with Crippen molar-refractivity contribution < 1.29 is 9.53 Å². The van der Waals surface area contributed by atoms with Crippen molar-refractivity contribution in [1.82, 2.24) is 5.43 Å². The molecule has 0 aromatic heterocycles. The molecule has 0 radical (unpaired) electrons. The van der Waals surface area contributed by atoms with E-state index >= 15 is 0 Å². The van der Waals surface area contributed by atoms with Gasteiger partial charge in [-0.2, -0.15) is 5.10 Å². The zero-order chi connectivity index (χ0) is 17.5. The third kappa shape index (κ3) is 4.88. The van der Waals surface area contributed by atoms with Crippen molar-refractivity contribution in [2.45, 2.75) is 13.3 Å². The number of carbonyl (C=O) groups is 1. The molecule has 0 aliphatic heterocycles. The van der Waals surface area contributed by atoms with Crippen molar-refractivity contribution in [3.63, 3.8) is 0 Å². The summed E-state index contributed by atoms with van der Waals surface area (Å²) in [5, 5.41) is 4.68. The fourth-order valence-corrected chi connectivity index (χ4v) is 2.47. The molecule has 0 aliphatic rings. The minimum atomic E-state index is -0.341. The molecule has 1 amide bonds. The van der Waals surface area contributed by atoms with Gasteiger partial charge in [-0.1, -0.05) is 30.1 Å². The number of benzene rings is 2. The molecule has 0 unspecified atom stereocenters. The van der Waals surface area contributed by atoms with Crippen molar-refractivity contribution >= 4 is 41.0 Å². The first-order valence-corrected chi connectivity index (χ1v) is 8.07. The molecule has 0 fully saturated rings. The smallest absolute Gasteiger partial charge is 0.271 e. The van der Waals surface area contributed by atoms with Crippen molar-refractivity contribution in [3.05, 3.63) is 57.6 Å². The van der Waals surface area contributed by atoms with E-state index in [1.807, 2.05) is 6.92 Å². The van der Waals surface area contributed by atoms with Gasteiger partial charge in [0.25, 0.3) is 5.91 Å². The Morgan fingerprint density at radius 3 is 2.46 bits per heavy atom. The quantitative estimate of drug-likeness (QED) is 0.459. The Morgan fingerprint density at radius 2 is 1.88 bits per heavy atom. The van der Waals surface area contributed by atoms with E-state index < -0.39 is 0 Å². The van der Waals surface area contributed by atoms with Crippen LogP contribution in [0, 0.1) is 0 Å². The Kier molecular flexibility index (Phi) is 6.46. The molecular formula is C17H17Cl2N3O2. The molecule has 5 nitrogen and oxygen atoms in total. The van der Waals surface area contributed by atoms with Gasteiger partial charge >= 0.3 is 0 Å². The van der Waals surface area contributed by atoms with Gasteiger partial charge in [-0.15, -0.1) is 0 Å². The summed E-state index contributed by atoms with van der Waals surface area (Å²) in [7, 11) is 0. The monoisotopic (exact) mass is 365 g/mol. The molecule has 0 bridgehead atoms. The summed E-state index contributed by atoms with van der Waals surface area (Å²) in [6.45, 7) is 2.52. The molecule has 0 saturated carbocycles. The Labute approximate surface area is 150 Å². The van der Waals surface area contributed by atoms with E-state index in [1.54, 1.807) is 36.4 Å². The lowest BCUT2D eigenvalue weighted by atomic mass is 10.2. The predicted octanol–water partition coefficient (Wildman–Crippen LogP) is 4.13. The largest absolute Gasteiger partial charge is 0.490 e. The normalized spacial score (nSPS) is 10.8. The summed E-state index contributed by atoms with van der Waals surface area (Å²) < 4.78 is 5.49. The second-order valence-corrected chi connectivity index (χ2v) is 5.80. The van der Waals surface area contributed by atoms with Gasteiger partial charge in [0.15, 0.2) is 5.75 Å². The number of amides is 1. The van der Waals surface area contributed by atoms with Crippen LogP contribution in [0.15, 0.2) is 41.5 Å². The Balaban J connectivity index is 2.03. The minimum absolute atomic E-state index is 0.341. The Morgan fingerprint density at radius 1 is 1.25 bits per heavy atom. The first-order valence-electron chi connectivity index (χ1n) is 7.32. The van der Waals surface area contributed by atoms with Crippen molar-refractivity contribution in [2.24, 2.45) is 5.10 Å². The Hall–Kier alpha value is -2.24. The number of nitrogens with one attached hydrogen (secondary N) is 1. The van der Waals surface area contributed by atoms with Gasteiger partial charge in [-0.3, -0.25) is 4.79 Å². The van der Waals surface area contributed by atoms with Crippen molar-refractivity contribution in [1.29, 1.82) is 0 Å². The topological polar surface area (TPSA) is 76.7 Å². The van der Waals surface area contributed by atoms with Crippen molar-refractivity contribution in [3.8, 4) is 5.75 Å². The van der Waals surface area contributed by atoms with E-state index in [0.29, 0.717) is 39.2 Å². The van der Waals surface area contributed by atoms with Crippen molar-refractivity contribution in [2.75, 3.05) is 12.3 Å². The molecule has 2 aromatic carbocycles. The number of nitrogens with zero attached hydrogens (tertiary/aromatic N) is 1. The van der Waals surface area contributed by atoms with Crippen LogP contribution in [-0.4, -0.2) is 18.7 Å². The number of carbonyl (C=O) groups excluding carboxylic acids is 1. The van der Waals surface area contributed by atoms with Gasteiger partial charge in [-0.25, -0.2) is 5.43 Å². The molecule has 0 saturated heterocycles. The van der Waals surface area contributed by atoms with Gasteiger partial charge in [0.1, 0.15) is 0 Å². The summed E-state index contributed by atoms with van der Waals surface area (Å²) in [6, 6.07) is 9.86. The average molecular weight is 366 g/mol. The maximum Gasteiger partial charge on any atom is 0.271 e. The molecule has 2 rings (SSSR count). The molecule has 7 heteroatoms. The predicted molar refractivity (Wildman–Crippen MR) is 98.2 cm³/mol. The number of ether oxygens (including phenoxy) is 1. The van der Waals surface area contributed by atoms with Gasteiger partial charge in [0.05, 0.1) is 22.9 Å². The molecule has 0 spiro atoms. The number of anilines is 1. The standard InChI is InChI=1S/C17H17Cl2N3O2/c1-2-7-24-16-14(18)8-11(9-15(16)19)10-21-22-17(23)12-3-5-13(20)6-4-12/h3-6,8-10H,2,7,20H2,1H3,(H,22,23)/b21-10-. The summed E-state index contributed by atoms with van der Waals surface area (Å²) in [5.41, 5.74) is 9.70. The fourth-order valence-electron chi connectivity index (χ4n) is 1.86. The third-order valence-corrected chi connectivity index (χ3v) is 3.59. The highest BCUT2D eigenvalue weighted by molar-refractivity contribution is 6.37. The van der Waals surface area contributed by atoms with Crippen LogP contribution in [0.3, 0.4) is 0 Å².